The van der Waals surface area contributed by atoms with Gasteiger partial charge in [0.05, 0.1) is 20.8 Å². The number of aliphatic imine (C=N–C) groups is 1. The van der Waals surface area contributed by atoms with Gasteiger partial charge in [-0.05, 0) is 43.7 Å². The summed E-state index contributed by atoms with van der Waals surface area (Å²) in [5.74, 6) is 2.40. The fourth-order valence-corrected chi connectivity index (χ4v) is 2.50. The Morgan fingerprint density at radius 1 is 1.04 bits per heavy atom. The van der Waals surface area contributed by atoms with Crippen LogP contribution in [0, 0.1) is 6.92 Å². The normalized spacial score (nSPS) is 11.2. The van der Waals surface area contributed by atoms with E-state index in [1.807, 2.05) is 26.0 Å². The molecule has 0 atom stereocenters. The summed E-state index contributed by atoms with van der Waals surface area (Å²) in [7, 11) is 3.27. The van der Waals surface area contributed by atoms with Gasteiger partial charge < -0.3 is 25.2 Å². The van der Waals surface area contributed by atoms with Gasteiger partial charge in [0.15, 0.2) is 5.96 Å². The maximum Gasteiger partial charge on any atom is 0.191 e. The first-order valence-electron chi connectivity index (χ1n) is 8.59. The number of benzene rings is 2. The predicted octanol–water partition coefficient (Wildman–Crippen LogP) is 2.97. The molecule has 3 N–H and O–H groups in total. The Balaban J connectivity index is 2.10. The summed E-state index contributed by atoms with van der Waals surface area (Å²) in [5, 5.41) is 16.5. The van der Waals surface area contributed by atoms with E-state index in [2.05, 4.69) is 21.7 Å². The Kier molecular flexibility index (Phi) is 7.14. The molecule has 0 aromatic heterocycles. The number of hydrogen-bond acceptors (Lipinski definition) is 4. The molecule has 0 aliphatic carbocycles. The first-order valence-corrected chi connectivity index (χ1v) is 8.59. The van der Waals surface area contributed by atoms with E-state index in [4.69, 9.17) is 9.47 Å². The van der Waals surface area contributed by atoms with Crippen LogP contribution in [0.25, 0.3) is 0 Å². The van der Waals surface area contributed by atoms with Gasteiger partial charge in [-0.3, -0.25) is 0 Å². The minimum Gasteiger partial charge on any atom is -0.508 e. The molecule has 2 aromatic carbocycles. The summed E-state index contributed by atoms with van der Waals surface area (Å²) in [6, 6.07) is 11.2. The number of rotatable bonds is 7. The average Bonchev–Trinajstić information content (AvgIpc) is 2.65. The zero-order valence-electron chi connectivity index (χ0n) is 15.8. The molecular weight excluding hydrogens is 330 g/mol. The number of phenols is 1. The zero-order chi connectivity index (χ0) is 18.9. The Morgan fingerprint density at radius 3 is 2.54 bits per heavy atom. The van der Waals surface area contributed by atoms with Gasteiger partial charge in [-0.25, -0.2) is 4.99 Å². The molecule has 2 aromatic rings. The molecule has 140 valence electrons. The van der Waals surface area contributed by atoms with Crippen molar-refractivity contribution in [3.8, 4) is 17.2 Å². The van der Waals surface area contributed by atoms with Crippen molar-refractivity contribution >= 4 is 5.96 Å². The Bertz CT molecular complexity index is 760. The highest BCUT2D eigenvalue weighted by atomic mass is 16.5. The molecule has 6 nitrogen and oxygen atoms in total. The summed E-state index contributed by atoms with van der Waals surface area (Å²) >= 11 is 0. The monoisotopic (exact) mass is 357 g/mol. The predicted molar refractivity (Wildman–Crippen MR) is 104 cm³/mol. The lowest BCUT2D eigenvalue weighted by Crippen LogP contribution is -2.36. The Hall–Kier alpha value is -2.89. The van der Waals surface area contributed by atoms with Crippen LogP contribution in [0.4, 0.5) is 0 Å². The highest BCUT2D eigenvalue weighted by Gasteiger charge is 2.06. The van der Waals surface area contributed by atoms with Crippen molar-refractivity contribution in [1.82, 2.24) is 10.6 Å². The molecule has 0 saturated carbocycles. The van der Waals surface area contributed by atoms with E-state index in [-0.39, 0.29) is 5.75 Å². The number of methoxy groups -OCH3 is 2. The second-order valence-corrected chi connectivity index (χ2v) is 5.86. The van der Waals surface area contributed by atoms with Crippen molar-refractivity contribution in [3.63, 3.8) is 0 Å². The van der Waals surface area contributed by atoms with Crippen LogP contribution in [0.15, 0.2) is 41.4 Å². The van der Waals surface area contributed by atoms with Crippen LogP contribution < -0.4 is 20.1 Å². The third-order valence-electron chi connectivity index (χ3n) is 3.93. The summed E-state index contributed by atoms with van der Waals surface area (Å²) in [5.41, 5.74) is 2.90. The van der Waals surface area contributed by atoms with Crippen molar-refractivity contribution in [1.29, 1.82) is 0 Å². The minimum absolute atomic E-state index is 0.200. The van der Waals surface area contributed by atoms with Gasteiger partial charge in [-0.2, -0.15) is 0 Å². The lowest BCUT2D eigenvalue weighted by atomic mass is 10.1. The highest BCUT2D eigenvalue weighted by molar-refractivity contribution is 5.79. The third-order valence-corrected chi connectivity index (χ3v) is 3.93. The van der Waals surface area contributed by atoms with E-state index in [1.165, 1.54) is 0 Å². The lowest BCUT2D eigenvalue weighted by Gasteiger charge is -2.14. The van der Waals surface area contributed by atoms with Gasteiger partial charge in [0.2, 0.25) is 0 Å². The Labute approximate surface area is 154 Å². The molecular formula is C20H27N3O3. The van der Waals surface area contributed by atoms with Crippen LogP contribution in [0.3, 0.4) is 0 Å². The molecule has 0 heterocycles. The first kappa shape index (κ1) is 19.4. The lowest BCUT2D eigenvalue weighted by molar-refractivity contribution is 0.408. The van der Waals surface area contributed by atoms with Gasteiger partial charge in [-0.15, -0.1) is 0 Å². The highest BCUT2D eigenvalue weighted by Crippen LogP contribution is 2.23. The first-order chi connectivity index (χ1) is 12.6. The summed E-state index contributed by atoms with van der Waals surface area (Å²) in [6.45, 7) is 5.70. The van der Waals surface area contributed by atoms with Gasteiger partial charge in [-0.1, -0.05) is 12.1 Å². The smallest absolute Gasteiger partial charge is 0.191 e. The fourth-order valence-electron chi connectivity index (χ4n) is 2.50. The van der Waals surface area contributed by atoms with Crippen molar-refractivity contribution in [3.05, 3.63) is 53.1 Å². The number of guanidine groups is 1. The molecule has 26 heavy (non-hydrogen) atoms. The molecule has 0 saturated heterocycles. The van der Waals surface area contributed by atoms with Crippen molar-refractivity contribution in [2.45, 2.75) is 26.9 Å². The van der Waals surface area contributed by atoms with Crippen molar-refractivity contribution in [2.24, 2.45) is 4.99 Å². The molecule has 0 unspecified atom stereocenters. The zero-order valence-corrected chi connectivity index (χ0v) is 15.8. The van der Waals surface area contributed by atoms with Gasteiger partial charge in [0, 0.05) is 24.2 Å². The fraction of sp³-hybridized carbons (Fsp3) is 0.350. The number of nitrogens with one attached hydrogen (secondary N) is 2. The number of nitrogens with zero attached hydrogens (tertiary/aromatic N) is 1. The largest absolute Gasteiger partial charge is 0.508 e. The SMILES string of the molecule is CCNC(=NCc1cc(OC)ccc1O)NCc1ccc(C)cc1OC. The molecule has 0 radical (unpaired) electrons. The number of aromatic hydroxyl groups is 1. The summed E-state index contributed by atoms with van der Waals surface area (Å²) in [4.78, 5) is 4.55. The van der Waals surface area contributed by atoms with E-state index >= 15 is 0 Å². The van der Waals surface area contributed by atoms with Crippen molar-refractivity contribution in [2.75, 3.05) is 20.8 Å². The maximum atomic E-state index is 9.99. The molecule has 0 aliphatic rings. The van der Waals surface area contributed by atoms with E-state index in [0.29, 0.717) is 30.4 Å². The molecule has 0 aliphatic heterocycles. The van der Waals surface area contributed by atoms with Gasteiger partial charge in [0.25, 0.3) is 0 Å². The molecule has 0 bridgehead atoms. The molecule has 2 rings (SSSR count). The number of ether oxygens (including phenoxy) is 2. The average molecular weight is 357 g/mol. The van der Waals surface area contributed by atoms with Crippen molar-refractivity contribution < 1.29 is 14.6 Å². The second kappa shape index (κ2) is 9.56. The molecule has 0 spiro atoms. The summed E-state index contributed by atoms with van der Waals surface area (Å²) in [6.07, 6.45) is 0. The van der Waals surface area contributed by atoms with Gasteiger partial charge >= 0.3 is 0 Å². The van der Waals surface area contributed by atoms with Crippen LogP contribution in [0.5, 0.6) is 17.2 Å². The van der Waals surface area contributed by atoms with E-state index in [9.17, 15) is 5.11 Å². The van der Waals surface area contributed by atoms with E-state index in [0.717, 1.165) is 23.4 Å². The third kappa shape index (κ3) is 5.31. The number of aryl methyl sites for hydroxylation is 1. The van der Waals surface area contributed by atoms with Crippen LogP contribution in [-0.2, 0) is 13.1 Å². The Morgan fingerprint density at radius 2 is 1.85 bits per heavy atom. The maximum absolute atomic E-state index is 9.99. The van der Waals surface area contributed by atoms with Crippen LogP contribution in [-0.4, -0.2) is 31.8 Å². The molecule has 6 heteroatoms. The summed E-state index contributed by atoms with van der Waals surface area (Å²) < 4.78 is 10.6. The number of phenolic OH excluding ortho intramolecular Hbond substituents is 1. The van der Waals surface area contributed by atoms with Crippen LogP contribution >= 0.6 is 0 Å². The van der Waals surface area contributed by atoms with Gasteiger partial charge in [0.1, 0.15) is 17.2 Å². The standard InChI is InChI=1S/C20H27N3O3/c1-5-21-20(22-12-15-7-6-14(2)10-19(15)26-4)23-13-16-11-17(25-3)8-9-18(16)24/h6-11,24H,5,12-13H2,1-4H3,(H2,21,22,23). The van der Waals surface area contributed by atoms with Crippen LogP contribution in [0.1, 0.15) is 23.6 Å². The quantitative estimate of drug-likeness (QED) is 0.525. The second-order valence-electron chi connectivity index (χ2n) is 5.86. The molecule has 0 fully saturated rings. The van der Waals surface area contributed by atoms with E-state index in [1.54, 1.807) is 32.4 Å². The molecule has 0 amide bonds. The number of hydrogen-bond donors (Lipinski definition) is 3. The minimum atomic E-state index is 0.200. The topological polar surface area (TPSA) is 75.1 Å². The van der Waals surface area contributed by atoms with E-state index < -0.39 is 0 Å². The van der Waals surface area contributed by atoms with Crippen LogP contribution in [0.2, 0.25) is 0 Å².